The fourth-order valence-electron chi connectivity index (χ4n) is 2.20. The molecule has 0 saturated carbocycles. The number of likely N-dealkylation sites (tertiary alicyclic amines) is 1. The van der Waals surface area contributed by atoms with Crippen molar-refractivity contribution in [2.75, 3.05) is 32.4 Å². The highest BCUT2D eigenvalue weighted by Gasteiger charge is 2.31. The zero-order valence-electron chi connectivity index (χ0n) is 11.5. The van der Waals surface area contributed by atoms with Crippen LogP contribution >= 0.6 is 0 Å². The Balaban J connectivity index is 2.51. The molecule has 4 nitrogen and oxygen atoms in total. The van der Waals surface area contributed by atoms with Crippen molar-refractivity contribution >= 4 is 9.84 Å². The summed E-state index contributed by atoms with van der Waals surface area (Å²) in [5, 5.41) is 3.18. The lowest BCUT2D eigenvalue weighted by Crippen LogP contribution is -2.41. The van der Waals surface area contributed by atoms with Gasteiger partial charge in [-0.05, 0) is 47.2 Å². The SMILES string of the molecule is CNCC1CCCN1CCS(=O)(=O)C(C)(C)C. The highest BCUT2D eigenvalue weighted by atomic mass is 32.2. The molecule has 1 aliphatic rings. The van der Waals surface area contributed by atoms with E-state index >= 15 is 0 Å². The van der Waals surface area contributed by atoms with Crippen LogP contribution in [0.25, 0.3) is 0 Å². The zero-order valence-corrected chi connectivity index (χ0v) is 12.3. The second kappa shape index (κ2) is 5.67. The first kappa shape index (κ1) is 14.9. The molecular weight excluding hydrogens is 236 g/mol. The standard InChI is InChI=1S/C12H26N2O2S/c1-12(2,3)17(15,16)9-8-14-7-5-6-11(14)10-13-4/h11,13H,5-10H2,1-4H3. The van der Waals surface area contributed by atoms with Crippen LogP contribution in [0.2, 0.25) is 0 Å². The van der Waals surface area contributed by atoms with Crippen molar-refractivity contribution in [2.24, 2.45) is 0 Å². The predicted molar refractivity (Wildman–Crippen MR) is 72.1 cm³/mol. The molecule has 1 aliphatic heterocycles. The Kier molecular flexibility index (Phi) is 4.98. The Labute approximate surface area is 106 Å². The summed E-state index contributed by atoms with van der Waals surface area (Å²) in [6.07, 6.45) is 2.36. The van der Waals surface area contributed by atoms with E-state index in [0.717, 1.165) is 13.1 Å². The van der Waals surface area contributed by atoms with Crippen LogP contribution in [0, 0.1) is 0 Å². The highest BCUT2D eigenvalue weighted by Crippen LogP contribution is 2.19. The molecule has 5 heteroatoms. The molecule has 0 radical (unpaired) electrons. The number of nitrogens with one attached hydrogen (secondary N) is 1. The number of likely N-dealkylation sites (N-methyl/N-ethyl adjacent to an activating group) is 1. The summed E-state index contributed by atoms with van der Waals surface area (Å²) < 4.78 is 23.4. The molecule has 1 unspecified atom stereocenters. The van der Waals surface area contributed by atoms with E-state index in [1.54, 1.807) is 20.8 Å². The maximum atomic E-state index is 12.0. The summed E-state index contributed by atoms with van der Waals surface area (Å²) in [7, 11) is -1.04. The van der Waals surface area contributed by atoms with Crippen LogP contribution < -0.4 is 5.32 Å². The Morgan fingerprint density at radius 3 is 2.53 bits per heavy atom. The van der Waals surface area contributed by atoms with Gasteiger partial charge >= 0.3 is 0 Å². The molecule has 1 heterocycles. The van der Waals surface area contributed by atoms with Gasteiger partial charge in [0.25, 0.3) is 0 Å². The third-order valence-electron chi connectivity index (χ3n) is 3.52. The van der Waals surface area contributed by atoms with Crippen LogP contribution in [0.1, 0.15) is 33.6 Å². The van der Waals surface area contributed by atoms with Crippen molar-refractivity contribution in [3.05, 3.63) is 0 Å². The van der Waals surface area contributed by atoms with Gasteiger partial charge in [-0.2, -0.15) is 0 Å². The summed E-state index contributed by atoms with van der Waals surface area (Å²) >= 11 is 0. The second-order valence-electron chi connectivity index (χ2n) is 5.82. The average Bonchev–Trinajstić information content (AvgIpc) is 2.61. The van der Waals surface area contributed by atoms with Crippen molar-refractivity contribution < 1.29 is 8.42 Å². The van der Waals surface area contributed by atoms with E-state index in [4.69, 9.17) is 0 Å². The van der Waals surface area contributed by atoms with E-state index in [1.807, 2.05) is 7.05 Å². The Morgan fingerprint density at radius 1 is 1.35 bits per heavy atom. The molecular formula is C12H26N2O2S. The van der Waals surface area contributed by atoms with E-state index < -0.39 is 14.6 Å². The van der Waals surface area contributed by atoms with Gasteiger partial charge < -0.3 is 5.32 Å². The molecule has 0 spiro atoms. The molecule has 1 saturated heterocycles. The summed E-state index contributed by atoms with van der Waals surface area (Å²) in [6, 6.07) is 0.509. The lowest BCUT2D eigenvalue weighted by molar-refractivity contribution is 0.264. The Morgan fingerprint density at radius 2 is 2.00 bits per heavy atom. The molecule has 17 heavy (non-hydrogen) atoms. The lowest BCUT2D eigenvalue weighted by atomic mass is 10.2. The average molecular weight is 262 g/mol. The fraction of sp³-hybridized carbons (Fsp3) is 1.00. The fourth-order valence-corrected chi connectivity index (χ4v) is 3.29. The van der Waals surface area contributed by atoms with Gasteiger partial charge in [0.2, 0.25) is 0 Å². The minimum Gasteiger partial charge on any atom is -0.318 e. The van der Waals surface area contributed by atoms with Crippen LogP contribution in [-0.2, 0) is 9.84 Å². The summed E-state index contributed by atoms with van der Waals surface area (Å²) in [5.41, 5.74) is 0. The summed E-state index contributed by atoms with van der Waals surface area (Å²) in [4.78, 5) is 2.31. The smallest absolute Gasteiger partial charge is 0.156 e. The van der Waals surface area contributed by atoms with Crippen molar-refractivity contribution in [3.8, 4) is 0 Å². The van der Waals surface area contributed by atoms with Crippen LogP contribution in [0.4, 0.5) is 0 Å². The second-order valence-corrected chi connectivity index (χ2v) is 8.68. The van der Waals surface area contributed by atoms with Crippen LogP contribution in [-0.4, -0.2) is 56.5 Å². The topological polar surface area (TPSA) is 49.4 Å². The van der Waals surface area contributed by atoms with Crippen molar-refractivity contribution in [1.82, 2.24) is 10.2 Å². The molecule has 1 atom stereocenters. The van der Waals surface area contributed by atoms with E-state index in [9.17, 15) is 8.42 Å². The van der Waals surface area contributed by atoms with Crippen LogP contribution in [0.5, 0.6) is 0 Å². The van der Waals surface area contributed by atoms with Crippen molar-refractivity contribution in [1.29, 1.82) is 0 Å². The monoisotopic (exact) mass is 262 g/mol. The molecule has 0 amide bonds. The van der Waals surface area contributed by atoms with Gasteiger partial charge in [-0.25, -0.2) is 8.42 Å². The number of sulfone groups is 1. The van der Waals surface area contributed by atoms with Gasteiger partial charge in [-0.15, -0.1) is 0 Å². The number of nitrogens with zero attached hydrogens (tertiary/aromatic N) is 1. The van der Waals surface area contributed by atoms with Gasteiger partial charge in [-0.1, -0.05) is 0 Å². The van der Waals surface area contributed by atoms with Gasteiger partial charge in [0.1, 0.15) is 0 Å². The third-order valence-corrected chi connectivity index (χ3v) is 6.11. The maximum Gasteiger partial charge on any atom is 0.156 e. The normalized spacial score (nSPS) is 23.2. The first-order chi connectivity index (χ1) is 7.78. The number of hydrogen-bond donors (Lipinski definition) is 1. The van der Waals surface area contributed by atoms with Crippen LogP contribution in [0.15, 0.2) is 0 Å². The molecule has 1 rings (SSSR count). The third kappa shape index (κ3) is 3.93. The first-order valence-electron chi connectivity index (χ1n) is 6.39. The zero-order chi connectivity index (χ0) is 13.1. The largest absolute Gasteiger partial charge is 0.318 e. The molecule has 0 aromatic carbocycles. The van der Waals surface area contributed by atoms with E-state index in [2.05, 4.69) is 10.2 Å². The van der Waals surface area contributed by atoms with Crippen molar-refractivity contribution in [3.63, 3.8) is 0 Å². The summed E-state index contributed by atoms with van der Waals surface area (Å²) in [5.74, 6) is 0.275. The minimum absolute atomic E-state index is 0.275. The molecule has 0 aromatic rings. The van der Waals surface area contributed by atoms with E-state index in [-0.39, 0.29) is 5.75 Å². The molecule has 0 aromatic heterocycles. The molecule has 1 N–H and O–H groups in total. The predicted octanol–water partition coefficient (Wildman–Crippen LogP) is 0.884. The number of hydrogen-bond acceptors (Lipinski definition) is 4. The Hall–Kier alpha value is -0.130. The highest BCUT2D eigenvalue weighted by molar-refractivity contribution is 7.92. The minimum atomic E-state index is -2.99. The van der Waals surface area contributed by atoms with E-state index in [0.29, 0.717) is 12.6 Å². The number of rotatable bonds is 5. The van der Waals surface area contributed by atoms with Gasteiger partial charge in [0.15, 0.2) is 9.84 Å². The van der Waals surface area contributed by atoms with Crippen LogP contribution in [0.3, 0.4) is 0 Å². The van der Waals surface area contributed by atoms with Crippen molar-refractivity contribution in [2.45, 2.75) is 44.4 Å². The summed E-state index contributed by atoms with van der Waals surface area (Å²) in [6.45, 7) is 7.99. The first-order valence-corrected chi connectivity index (χ1v) is 8.04. The quantitative estimate of drug-likeness (QED) is 0.799. The van der Waals surface area contributed by atoms with Gasteiger partial charge in [0, 0.05) is 19.1 Å². The molecule has 1 fully saturated rings. The molecule has 102 valence electrons. The Bertz CT molecular complexity index is 333. The molecule has 0 aliphatic carbocycles. The van der Waals surface area contributed by atoms with Gasteiger partial charge in [-0.3, -0.25) is 4.90 Å². The maximum absolute atomic E-state index is 12.0. The lowest BCUT2D eigenvalue weighted by Gasteiger charge is -2.26. The molecule has 0 bridgehead atoms. The van der Waals surface area contributed by atoms with E-state index in [1.165, 1.54) is 12.8 Å². The van der Waals surface area contributed by atoms with Gasteiger partial charge in [0.05, 0.1) is 10.5 Å².